The van der Waals surface area contributed by atoms with Crippen molar-refractivity contribution in [2.75, 3.05) is 39.0 Å². The second kappa shape index (κ2) is 8.08. The SMILES string of the molecule is CC1CN(C(=O)c2ccc(NC(=O)/C=C/CN(C)C)cc2)CC1N. The van der Waals surface area contributed by atoms with E-state index in [-0.39, 0.29) is 17.9 Å². The summed E-state index contributed by atoms with van der Waals surface area (Å²) in [5.74, 6) is 0.121. The molecule has 0 spiro atoms. The van der Waals surface area contributed by atoms with E-state index in [0.717, 1.165) is 0 Å². The molecule has 6 heteroatoms. The summed E-state index contributed by atoms with van der Waals surface area (Å²) in [6.07, 6.45) is 3.30. The van der Waals surface area contributed by atoms with E-state index in [1.165, 1.54) is 6.08 Å². The minimum Gasteiger partial charge on any atom is -0.337 e. The monoisotopic (exact) mass is 330 g/mol. The third-order valence-corrected chi connectivity index (χ3v) is 4.10. The summed E-state index contributed by atoms with van der Waals surface area (Å²) < 4.78 is 0. The fourth-order valence-electron chi connectivity index (χ4n) is 2.59. The lowest BCUT2D eigenvalue weighted by atomic mass is 10.1. The lowest BCUT2D eigenvalue weighted by Crippen LogP contribution is -2.32. The van der Waals surface area contributed by atoms with Crippen molar-refractivity contribution in [3.63, 3.8) is 0 Å². The van der Waals surface area contributed by atoms with Crippen LogP contribution >= 0.6 is 0 Å². The third-order valence-electron chi connectivity index (χ3n) is 4.10. The Hall–Kier alpha value is -2.18. The molecule has 0 aromatic heterocycles. The molecule has 0 saturated carbocycles. The second-order valence-electron chi connectivity index (χ2n) is 6.58. The number of amides is 2. The van der Waals surface area contributed by atoms with E-state index in [1.807, 2.05) is 19.0 Å². The largest absolute Gasteiger partial charge is 0.337 e. The quantitative estimate of drug-likeness (QED) is 0.794. The van der Waals surface area contributed by atoms with Crippen LogP contribution in [0.4, 0.5) is 5.69 Å². The van der Waals surface area contributed by atoms with Crippen LogP contribution in [0.5, 0.6) is 0 Å². The van der Waals surface area contributed by atoms with E-state index in [9.17, 15) is 9.59 Å². The zero-order chi connectivity index (χ0) is 17.7. The van der Waals surface area contributed by atoms with Crippen molar-refractivity contribution in [3.05, 3.63) is 42.0 Å². The van der Waals surface area contributed by atoms with Gasteiger partial charge in [-0.2, -0.15) is 0 Å². The molecule has 24 heavy (non-hydrogen) atoms. The number of hydrogen-bond donors (Lipinski definition) is 2. The lowest BCUT2D eigenvalue weighted by Gasteiger charge is -2.16. The number of nitrogens with one attached hydrogen (secondary N) is 1. The first-order valence-electron chi connectivity index (χ1n) is 8.14. The number of nitrogens with zero attached hydrogens (tertiary/aromatic N) is 2. The van der Waals surface area contributed by atoms with Gasteiger partial charge in [0, 0.05) is 43.0 Å². The first-order chi connectivity index (χ1) is 11.4. The molecule has 1 aliphatic rings. The van der Waals surface area contributed by atoms with Crippen LogP contribution in [-0.4, -0.2) is 61.4 Å². The van der Waals surface area contributed by atoms with Gasteiger partial charge < -0.3 is 20.9 Å². The Labute approximate surface area is 143 Å². The number of carbonyl (C=O) groups is 2. The lowest BCUT2D eigenvalue weighted by molar-refractivity contribution is -0.111. The summed E-state index contributed by atoms with van der Waals surface area (Å²) in [6, 6.07) is 6.99. The summed E-state index contributed by atoms with van der Waals surface area (Å²) in [6.45, 7) is 4.04. The van der Waals surface area contributed by atoms with Gasteiger partial charge in [-0.1, -0.05) is 13.0 Å². The van der Waals surface area contributed by atoms with Crippen molar-refractivity contribution in [2.45, 2.75) is 13.0 Å². The number of likely N-dealkylation sites (N-methyl/N-ethyl adjacent to an activating group) is 1. The highest BCUT2D eigenvalue weighted by Gasteiger charge is 2.30. The Morgan fingerprint density at radius 1 is 1.29 bits per heavy atom. The standard InChI is InChI=1S/C18H26N4O2/c1-13-11-22(12-16(13)19)18(24)14-6-8-15(9-7-14)20-17(23)5-4-10-21(2)3/h4-9,13,16H,10-12,19H2,1-3H3,(H,20,23)/b5-4+. The smallest absolute Gasteiger partial charge is 0.253 e. The molecular weight excluding hydrogens is 304 g/mol. The van der Waals surface area contributed by atoms with Gasteiger partial charge in [0.15, 0.2) is 0 Å². The van der Waals surface area contributed by atoms with Gasteiger partial charge in [0.25, 0.3) is 5.91 Å². The van der Waals surface area contributed by atoms with Gasteiger partial charge in [0.1, 0.15) is 0 Å². The van der Waals surface area contributed by atoms with E-state index in [2.05, 4.69) is 12.2 Å². The minimum absolute atomic E-state index is 0.0152. The topological polar surface area (TPSA) is 78.7 Å². The number of rotatable bonds is 5. The molecule has 1 aromatic rings. The maximum atomic E-state index is 12.4. The molecule has 6 nitrogen and oxygen atoms in total. The summed E-state index contributed by atoms with van der Waals surface area (Å²) in [5, 5.41) is 2.78. The molecule has 130 valence electrons. The van der Waals surface area contributed by atoms with Crippen LogP contribution in [0.1, 0.15) is 17.3 Å². The van der Waals surface area contributed by atoms with Crippen molar-refractivity contribution < 1.29 is 9.59 Å². The molecule has 1 aromatic carbocycles. The summed E-state index contributed by atoms with van der Waals surface area (Å²) in [7, 11) is 3.87. The van der Waals surface area contributed by atoms with Crippen LogP contribution in [0, 0.1) is 5.92 Å². The number of nitrogens with two attached hydrogens (primary N) is 1. The number of likely N-dealkylation sites (tertiary alicyclic amines) is 1. The molecule has 1 saturated heterocycles. The molecule has 2 unspecified atom stereocenters. The fraction of sp³-hybridized carbons (Fsp3) is 0.444. The van der Waals surface area contributed by atoms with Crippen molar-refractivity contribution >= 4 is 17.5 Å². The molecule has 1 fully saturated rings. The van der Waals surface area contributed by atoms with Gasteiger partial charge in [-0.05, 0) is 44.3 Å². The van der Waals surface area contributed by atoms with Gasteiger partial charge in [0.05, 0.1) is 0 Å². The molecule has 1 aliphatic heterocycles. The van der Waals surface area contributed by atoms with Crippen LogP contribution in [0.15, 0.2) is 36.4 Å². The van der Waals surface area contributed by atoms with Crippen molar-refractivity contribution in [1.29, 1.82) is 0 Å². The molecule has 2 amide bonds. The summed E-state index contributed by atoms with van der Waals surface area (Å²) >= 11 is 0. The van der Waals surface area contributed by atoms with E-state index >= 15 is 0 Å². The number of benzene rings is 1. The number of carbonyl (C=O) groups excluding carboxylic acids is 2. The molecule has 3 N–H and O–H groups in total. The maximum Gasteiger partial charge on any atom is 0.253 e. The minimum atomic E-state index is -0.185. The third kappa shape index (κ3) is 4.91. The van der Waals surface area contributed by atoms with Crippen LogP contribution in [0.25, 0.3) is 0 Å². The average Bonchev–Trinajstić information content (AvgIpc) is 2.86. The Kier molecular flexibility index (Phi) is 6.11. The van der Waals surface area contributed by atoms with E-state index < -0.39 is 0 Å². The predicted octanol–water partition coefficient (Wildman–Crippen LogP) is 1.16. The molecular formula is C18H26N4O2. The van der Waals surface area contributed by atoms with Gasteiger partial charge in [0.2, 0.25) is 5.91 Å². The Balaban J connectivity index is 1.92. The Morgan fingerprint density at radius 3 is 2.50 bits per heavy atom. The van der Waals surface area contributed by atoms with Crippen molar-refractivity contribution in [2.24, 2.45) is 11.7 Å². The van der Waals surface area contributed by atoms with E-state index in [0.29, 0.717) is 36.8 Å². The number of hydrogen-bond acceptors (Lipinski definition) is 4. The Bertz CT molecular complexity index is 600. The summed E-state index contributed by atoms with van der Waals surface area (Å²) in [5.41, 5.74) is 7.24. The highest BCUT2D eigenvalue weighted by Crippen LogP contribution is 2.18. The van der Waals surface area contributed by atoms with Crippen LogP contribution in [0.2, 0.25) is 0 Å². The highest BCUT2D eigenvalue weighted by atomic mass is 16.2. The number of anilines is 1. The van der Waals surface area contributed by atoms with Gasteiger partial charge in [-0.25, -0.2) is 0 Å². The maximum absolute atomic E-state index is 12.4. The molecule has 0 aliphatic carbocycles. The zero-order valence-electron chi connectivity index (χ0n) is 14.5. The van der Waals surface area contributed by atoms with E-state index in [4.69, 9.17) is 5.73 Å². The molecule has 0 bridgehead atoms. The summed E-state index contributed by atoms with van der Waals surface area (Å²) in [4.78, 5) is 28.0. The molecule has 1 heterocycles. The van der Waals surface area contributed by atoms with Gasteiger partial charge in [-0.15, -0.1) is 0 Å². The van der Waals surface area contributed by atoms with E-state index in [1.54, 1.807) is 35.2 Å². The van der Waals surface area contributed by atoms with Crippen LogP contribution in [-0.2, 0) is 4.79 Å². The van der Waals surface area contributed by atoms with Gasteiger partial charge in [-0.3, -0.25) is 9.59 Å². The molecule has 2 rings (SSSR count). The first-order valence-corrected chi connectivity index (χ1v) is 8.14. The van der Waals surface area contributed by atoms with Crippen molar-refractivity contribution in [1.82, 2.24) is 9.80 Å². The van der Waals surface area contributed by atoms with Crippen molar-refractivity contribution in [3.8, 4) is 0 Å². The molecule has 0 radical (unpaired) electrons. The van der Waals surface area contributed by atoms with Gasteiger partial charge >= 0.3 is 0 Å². The second-order valence-corrected chi connectivity index (χ2v) is 6.58. The average molecular weight is 330 g/mol. The van der Waals surface area contributed by atoms with Crippen LogP contribution < -0.4 is 11.1 Å². The fourth-order valence-corrected chi connectivity index (χ4v) is 2.59. The highest BCUT2D eigenvalue weighted by molar-refractivity contribution is 6.00. The molecule has 2 atom stereocenters. The Morgan fingerprint density at radius 2 is 1.96 bits per heavy atom. The van der Waals surface area contributed by atoms with Crippen LogP contribution in [0.3, 0.4) is 0 Å². The normalized spacial score (nSPS) is 20.8. The first kappa shape index (κ1) is 18.2. The zero-order valence-corrected chi connectivity index (χ0v) is 14.5. The predicted molar refractivity (Wildman–Crippen MR) is 95.8 cm³/mol.